The minimum atomic E-state index is -0.183. The summed E-state index contributed by atoms with van der Waals surface area (Å²) in [7, 11) is 0. The maximum absolute atomic E-state index is 12.1. The van der Waals surface area contributed by atoms with Gasteiger partial charge in [-0.15, -0.1) is 21.5 Å². The lowest BCUT2D eigenvalue weighted by Crippen LogP contribution is -2.16. The second kappa shape index (κ2) is 5.01. The summed E-state index contributed by atoms with van der Waals surface area (Å²) in [5.41, 5.74) is 1.60. The number of hydrogen-bond acceptors (Lipinski definition) is 6. The SMILES string of the molecule is Cc1cc(C)n(C(=O)Cc2nnc(-c3cccs3)o2)n1. The Hall–Kier alpha value is -2.28. The summed E-state index contributed by atoms with van der Waals surface area (Å²) in [4.78, 5) is 13.0. The molecule has 3 rings (SSSR count). The third kappa shape index (κ3) is 2.39. The van der Waals surface area contributed by atoms with Crippen molar-refractivity contribution in [2.75, 3.05) is 0 Å². The first kappa shape index (κ1) is 12.7. The van der Waals surface area contributed by atoms with Gasteiger partial charge in [-0.05, 0) is 31.4 Å². The molecule has 0 aliphatic carbocycles. The molecule has 0 fully saturated rings. The van der Waals surface area contributed by atoms with Crippen molar-refractivity contribution in [3.63, 3.8) is 0 Å². The number of aromatic nitrogens is 4. The van der Waals surface area contributed by atoms with Crippen molar-refractivity contribution in [2.45, 2.75) is 20.3 Å². The van der Waals surface area contributed by atoms with Crippen LogP contribution in [0, 0.1) is 13.8 Å². The summed E-state index contributed by atoms with van der Waals surface area (Å²) in [5.74, 6) is 0.555. The second-order valence-electron chi connectivity index (χ2n) is 4.39. The lowest BCUT2D eigenvalue weighted by atomic mass is 10.3. The molecule has 3 aromatic rings. The van der Waals surface area contributed by atoms with Crippen LogP contribution in [0.25, 0.3) is 10.8 Å². The Morgan fingerprint density at radius 1 is 1.40 bits per heavy atom. The van der Waals surface area contributed by atoms with Crippen molar-refractivity contribution in [1.29, 1.82) is 0 Å². The van der Waals surface area contributed by atoms with Crippen LogP contribution < -0.4 is 0 Å². The highest BCUT2D eigenvalue weighted by Crippen LogP contribution is 2.23. The first-order valence-electron chi connectivity index (χ1n) is 6.06. The molecule has 0 aromatic carbocycles. The van der Waals surface area contributed by atoms with Crippen molar-refractivity contribution in [3.05, 3.63) is 40.9 Å². The molecule has 20 heavy (non-hydrogen) atoms. The van der Waals surface area contributed by atoms with Gasteiger partial charge < -0.3 is 4.42 Å². The van der Waals surface area contributed by atoms with Crippen molar-refractivity contribution in [2.24, 2.45) is 0 Å². The highest BCUT2D eigenvalue weighted by Gasteiger charge is 2.16. The number of nitrogens with zero attached hydrogens (tertiary/aromatic N) is 4. The third-order valence-electron chi connectivity index (χ3n) is 2.75. The van der Waals surface area contributed by atoms with E-state index in [1.165, 1.54) is 16.0 Å². The van der Waals surface area contributed by atoms with Gasteiger partial charge in [0.05, 0.1) is 10.6 Å². The number of carbonyl (C=O) groups excluding carboxylic acids is 1. The van der Waals surface area contributed by atoms with Crippen LogP contribution in [-0.4, -0.2) is 25.9 Å². The molecule has 102 valence electrons. The molecule has 0 bridgehead atoms. The van der Waals surface area contributed by atoms with Crippen LogP contribution in [0.4, 0.5) is 0 Å². The van der Waals surface area contributed by atoms with E-state index in [0.29, 0.717) is 11.8 Å². The monoisotopic (exact) mass is 288 g/mol. The van der Waals surface area contributed by atoms with Crippen LogP contribution >= 0.6 is 11.3 Å². The van der Waals surface area contributed by atoms with E-state index in [1.807, 2.05) is 37.4 Å². The molecule has 0 amide bonds. The molecule has 0 radical (unpaired) electrons. The maximum atomic E-state index is 12.1. The number of hydrogen-bond donors (Lipinski definition) is 0. The van der Waals surface area contributed by atoms with Gasteiger partial charge >= 0.3 is 0 Å². The Morgan fingerprint density at radius 2 is 2.25 bits per heavy atom. The topological polar surface area (TPSA) is 73.8 Å². The van der Waals surface area contributed by atoms with Gasteiger partial charge in [0.2, 0.25) is 5.89 Å². The first-order chi connectivity index (χ1) is 9.63. The van der Waals surface area contributed by atoms with E-state index in [9.17, 15) is 4.79 Å². The number of aryl methyl sites for hydroxylation is 2. The zero-order chi connectivity index (χ0) is 14.1. The van der Waals surface area contributed by atoms with Crippen LogP contribution in [0.3, 0.4) is 0 Å². The predicted octanol–water partition coefficient (Wildman–Crippen LogP) is 2.49. The molecule has 0 saturated carbocycles. The van der Waals surface area contributed by atoms with E-state index in [-0.39, 0.29) is 12.3 Å². The van der Waals surface area contributed by atoms with Crippen molar-refractivity contribution < 1.29 is 9.21 Å². The Balaban J connectivity index is 1.78. The average Bonchev–Trinajstić information content (AvgIpc) is 3.09. The van der Waals surface area contributed by atoms with E-state index >= 15 is 0 Å². The molecule has 7 heteroatoms. The van der Waals surface area contributed by atoms with Gasteiger partial charge in [0.15, 0.2) is 0 Å². The summed E-state index contributed by atoms with van der Waals surface area (Å²) in [6.45, 7) is 3.68. The van der Waals surface area contributed by atoms with Gasteiger partial charge in [0, 0.05) is 5.69 Å². The molecular formula is C13H12N4O2S. The number of thiophene rings is 1. The van der Waals surface area contributed by atoms with E-state index in [1.54, 1.807) is 0 Å². The van der Waals surface area contributed by atoms with Gasteiger partial charge in [0.1, 0.15) is 6.42 Å². The predicted molar refractivity (Wildman–Crippen MR) is 73.6 cm³/mol. The first-order valence-corrected chi connectivity index (χ1v) is 6.94. The third-order valence-corrected chi connectivity index (χ3v) is 3.60. The van der Waals surface area contributed by atoms with Crippen molar-refractivity contribution >= 4 is 17.2 Å². The largest absolute Gasteiger partial charge is 0.419 e. The lowest BCUT2D eigenvalue weighted by molar-refractivity contribution is 0.0887. The van der Waals surface area contributed by atoms with Crippen LogP contribution in [-0.2, 0) is 6.42 Å². The molecular weight excluding hydrogens is 276 g/mol. The zero-order valence-corrected chi connectivity index (χ0v) is 11.8. The van der Waals surface area contributed by atoms with E-state index in [0.717, 1.165) is 16.3 Å². The fourth-order valence-electron chi connectivity index (χ4n) is 1.91. The molecule has 0 unspecified atom stereocenters. The van der Waals surface area contributed by atoms with E-state index in [4.69, 9.17) is 4.42 Å². The number of carbonyl (C=O) groups is 1. The summed E-state index contributed by atoms with van der Waals surface area (Å²) in [6, 6.07) is 5.65. The van der Waals surface area contributed by atoms with E-state index in [2.05, 4.69) is 15.3 Å². The second-order valence-corrected chi connectivity index (χ2v) is 5.34. The molecule has 0 aliphatic heterocycles. The van der Waals surface area contributed by atoms with Gasteiger partial charge in [-0.1, -0.05) is 6.07 Å². The lowest BCUT2D eigenvalue weighted by Gasteiger charge is -1.99. The molecule has 0 N–H and O–H groups in total. The maximum Gasteiger partial charge on any atom is 0.257 e. The molecule has 0 atom stereocenters. The highest BCUT2D eigenvalue weighted by atomic mass is 32.1. The standard InChI is InChI=1S/C13H12N4O2S/c1-8-6-9(2)17(16-8)12(18)7-11-14-15-13(19-11)10-4-3-5-20-10/h3-6H,7H2,1-2H3. The van der Waals surface area contributed by atoms with Crippen LogP contribution in [0.15, 0.2) is 28.0 Å². The smallest absolute Gasteiger partial charge is 0.257 e. The van der Waals surface area contributed by atoms with Crippen LogP contribution in [0.5, 0.6) is 0 Å². The minimum Gasteiger partial charge on any atom is -0.419 e. The Bertz CT molecular complexity index is 742. The van der Waals surface area contributed by atoms with E-state index < -0.39 is 0 Å². The molecule has 0 saturated heterocycles. The fraction of sp³-hybridized carbons (Fsp3) is 0.231. The molecule has 0 spiro atoms. The minimum absolute atomic E-state index is 0.0420. The Morgan fingerprint density at radius 3 is 2.90 bits per heavy atom. The summed E-state index contributed by atoms with van der Waals surface area (Å²) >= 11 is 1.51. The van der Waals surface area contributed by atoms with Crippen molar-refractivity contribution in [3.8, 4) is 10.8 Å². The number of rotatable bonds is 3. The molecule has 0 aliphatic rings. The molecule has 3 heterocycles. The van der Waals surface area contributed by atoms with Gasteiger partial charge in [-0.2, -0.15) is 5.10 Å². The zero-order valence-electron chi connectivity index (χ0n) is 11.0. The van der Waals surface area contributed by atoms with Gasteiger partial charge in [0.25, 0.3) is 11.8 Å². The van der Waals surface area contributed by atoms with Crippen LogP contribution in [0.2, 0.25) is 0 Å². The molecule has 6 nitrogen and oxygen atoms in total. The Kier molecular flexibility index (Phi) is 3.19. The highest BCUT2D eigenvalue weighted by molar-refractivity contribution is 7.13. The molecule has 3 aromatic heterocycles. The van der Waals surface area contributed by atoms with Gasteiger partial charge in [-0.25, -0.2) is 4.68 Å². The van der Waals surface area contributed by atoms with Crippen molar-refractivity contribution in [1.82, 2.24) is 20.0 Å². The van der Waals surface area contributed by atoms with Gasteiger partial charge in [-0.3, -0.25) is 4.79 Å². The summed E-state index contributed by atoms with van der Waals surface area (Å²) in [5, 5.41) is 13.9. The summed E-state index contributed by atoms with van der Waals surface area (Å²) < 4.78 is 6.86. The van der Waals surface area contributed by atoms with Crippen LogP contribution in [0.1, 0.15) is 22.1 Å². The normalized spacial score (nSPS) is 10.9. The fourth-order valence-corrected chi connectivity index (χ4v) is 2.55. The quantitative estimate of drug-likeness (QED) is 0.740. The summed E-state index contributed by atoms with van der Waals surface area (Å²) in [6.07, 6.45) is 0.0420. The average molecular weight is 288 g/mol. The Labute approximate surface area is 119 Å².